The van der Waals surface area contributed by atoms with Gasteiger partial charge in [-0.25, -0.2) is 0 Å². The van der Waals surface area contributed by atoms with Gasteiger partial charge in [-0.1, -0.05) is 0 Å². The molecule has 0 aromatic rings. The summed E-state index contributed by atoms with van der Waals surface area (Å²) in [4.78, 5) is 2.43. The Morgan fingerprint density at radius 3 is 2.60 bits per heavy atom. The molecule has 0 aliphatic heterocycles. The van der Waals surface area contributed by atoms with Crippen LogP contribution >= 0.6 is 30.3 Å². The van der Waals surface area contributed by atoms with Gasteiger partial charge in [0.25, 0.3) is 0 Å². The van der Waals surface area contributed by atoms with Crippen molar-refractivity contribution in [2.75, 3.05) is 0 Å². The summed E-state index contributed by atoms with van der Waals surface area (Å²) in [6.07, 6.45) is 0. The fourth-order valence-electron chi connectivity index (χ4n) is 0.0138. The van der Waals surface area contributed by atoms with Crippen LogP contribution in [0.5, 0.6) is 0 Å². The van der Waals surface area contributed by atoms with Gasteiger partial charge >= 0.3 is 0 Å². The normalized spacial score (nSPS) is 5.80. The highest BCUT2D eigenvalue weighted by Gasteiger charge is 1.54. The van der Waals surface area contributed by atoms with Crippen LogP contribution in [0, 0.1) is 0 Å². The first-order valence-electron chi connectivity index (χ1n) is 0.737. The molecule has 0 atom stereocenters. The molecule has 0 aliphatic carbocycles. The second-order valence-corrected chi connectivity index (χ2v) is 1.72. The number of hydrogen-bond acceptors (Lipinski definition) is 2. The molecule has 0 unspecified atom stereocenters. The average Bonchev–Trinajstić information content (AvgIpc) is 1.41. The molecule has 28 valence electrons. The van der Waals surface area contributed by atoms with Crippen LogP contribution < -0.4 is 0 Å². The van der Waals surface area contributed by atoms with Gasteiger partial charge in [0, 0.05) is 35.2 Å². The first-order chi connectivity index (χ1) is 2.41. The smallest absolute Gasteiger partial charge is 0.0116 e. The molecule has 5 heavy (non-hydrogen) atoms. The molecule has 0 saturated carbocycles. The molecule has 0 spiro atoms. The molecule has 0 aromatic carbocycles. The van der Waals surface area contributed by atoms with Crippen LogP contribution in [0.4, 0.5) is 0 Å². The number of halogens is 1. The summed E-state index contributed by atoms with van der Waals surface area (Å²) in [5.74, 6) is 0. The van der Waals surface area contributed by atoms with Crippen molar-refractivity contribution < 1.29 is 0 Å². The quantitative estimate of drug-likeness (QED) is 0.211. The van der Waals surface area contributed by atoms with Crippen LogP contribution in [0.1, 0.15) is 0 Å². The summed E-state index contributed by atoms with van der Waals surface area (Å²) in [6, 6.07) is 0. The van der Waals surface area contributed by atoms with Crippen molar-refractivity contribution in [2.24, 2.45) is 4.52 Å². The van der Waals surface area contributed by atoms with Gasteiger partial charge in [0.05, 0.1) is 0 Å². The molecular weight excluding hydrogens is 201 g/mol. The predicted octanol–water partition coefficient (Wildman–Crippen LogP) is 2.29. The molecule has 0 aliphatic rings. The highest BCUT2D eigenvalue weighted by atomic mass is 127. The molecule has 5 heteroatoms. The Bertz CT molecular complexity index is 53.9. The Labute approximate surface area is 45.5 Å². The average molecular weight is 201 g/mol. The van der Waals surface area contributed by atoms with Crippen LogP contribution in [0.3, 0.4) is 0 Å². The molecule has 0 saturated heterocycles. The minimum Gasteiger partial charge on any atom is -0.0196 e. The monoisotopic (exact) mass is 201 g/mol. The molecule has 0 aromatic heterocycles. The standard InChI is InChI=1S/IN3S/c1-5-4-3-2. The first kappa shape index (κ1) is 5.39. The van der Waals surface area contributed by atoms with Gasteiger partial charge in [0.1, 0.15) is 0 Å². The maximum atomic E-state index is 7.50. The Kier molecular flexibility index (Phi) is 4.73. The second kappa shape index (κ2) is 4.39. The number of nitrogens with zero attached hydrogens (tertiary/aromatic N) is 3. The maximum absolute atomic E-state index is 7.50. The Morgan fingerprint density at radius 2 is 2.60 bits per heavy atom. The lowest BCUT2D eigenvalue weighted by Crippen LogP contribution is -1.10. The fourth-order valence-corrected chi connectivity index (χ4v) is 0.278. The van der Waals surface area contributed by atoms with Crippen molar-refractivity contribution in [3.63, 3.8) is 0 Å². The van der Waals surface area contributed by atoms with Crippen LogP contribution in [-0.4, -0.2) is 0 Å². The number of hydrogen-bond donors (Lipinski definition) is 0. The van der Waals surface area contributed by atoms with Gasteiger partial charge in [0.15, 0.2) is 0 Å². The first-order valence-corrected chi connectivity index (χ1v) is 4.05. The summed E-state index contributed by atoms with van der Waals surface area (Å²) in [5.41, 5.74) is 7.50. The van der Waals surface area contributed by atoms with E-state index in [-0.39, 0.29) is 0 Å². The minimum absolute atomic E-state index is 1.08. The Hall–Kier alpha value is 0.390. The topological polar surface area (TPSA) is 48.8 Å². The molecule has 0 amide bonds. The third-order valence-electron chi connectivity index (χ3n) is 0.0674. The zero-order valence-electron chi connectivity index (χ0n) is 2.13. The van der Waals surface area contributed by atoms with E-state index in [9.17, 15) is 0 Å². The summed E-state index contributed by atoms with van der Waals surface area (Å²) >= 11 is 1.88. The second-order valence-electron chi connectivity index (χ2n) is 0.240. The van der Waals surface area contributed by atoms with Crippen LogP contribution in [0.2, 0.25) is 0 Å². The van der Waals surface area contributed by atoms with Gasteiger partial charge in [-0.3, -0.25) is 0 Å². The molecule has 3 nitrogen and oxygen atoms in total. The Balaban J connectivity index is 2.93. The van der Waals surface area contributed by atoms with E-state index in [1.807, 2.05) is 21.2 Å². The van der Waals surface area contributed by atoms with Crippen molar-refractivity contribution in [1.82, 2.24) is 0 Å². The highest BCUT2D eigenvalue weighted by Crippen LogP contribution is 2.10. The van der Waals surface area contributed by atoms with Crippen molar-refractivity contribution in [2.45, 2.75) is 0 Å². The lowest BCUT2D eigenvalue weighted by Gasteiger charge is -1.54. The summed E-state index contributed by atoms with van der Waals surface area (Å²) in [6.45, 7) is 0. The number of azide groups is 1. The van der Waals surface area contributed by atoms with Gasteiger partial charge < -0.3 is 0 Å². The predicted molar refractivity (Wildman–Crippen MR) is 30.8 cm³/mol. The lowest BCUT2D eigenvalue weighted by atomic mass is 13.0. The fraction of sp³-hybridized carbons (Fsp3) is 0. The molecule has 0 radical (unpaired) electrons. The highest BCUT2D eigenvalue weighted by molar-refractivity contribution is 14.2. The van der Waals surface area contributed by atoms with E-state index in [2.05, 4.69) is 9.43 Å². The Morgan fingerprint density at radius 1 is 2.00 bits per heavy atom. The SMILES string of the molecule is [N-]=[N+]=NSI. The van der Waals surface area contributed by atoms with Crippen molar-refractivity contribution in [1.29, 1.82) is 0 Å². The van der Waals surface area contributed by atoms with Gasteiger partial charge in [-0.15, -0.1) is 0 Å². The lowest BCUT2D eigenvalue weighted by molar-refractivity contribution is 1.83. The van der Waals surface area contributed by atoms with Crippen LogP contribution in [-0.2, 0) is 0 Å². The molecule has 0 bridgehead atoms. The van der Waals surface area contributed by atoms with E-state index in [0.717, 1.165) is 9.12 Å². The van der Waals surface area contributed by atoms with Crippen molar-refractivity contribution >= 4 is 30.3 Å². The summed E-state index contributed by atoms with van der Waals surface area (Å²) in [7, 11) is 1.08. The van der Waals surface area contributed by atoms with E-state index in [0.29, 0.717) is 0 Å². The molecular formula is IN3S. The van der Waals surface area contributed by atoms with Crippen LogP contribution in [0.15, 0.2) is 4.52 Å². The summed E-state index contributed by atoms with van der Waals surface area (Å²) in [5, 5.41) is 0. The zero-order valence-corrected chi connectivity index (χ0v) is 5.10. The van der Waals surface area contributed by atoms with Gasteiger partial charge in [0.2, 0.25) is 0 Å². The van der Waals surface area contributed by atoms with E-state index in [1.165, 1.54) is 0 Å². The molecule has 0 fully saturated rings. The summed E-state index contributed by atoms with van der Waals surface area (Å²) < 4.78 is 3.06. The van der Waals surface area contributed by atoms with Gasteiger partial charge in [-0.05, 0) is 10.1 Å². The minimum atomic E-state index is 1.08. The third kappa shape index (κ3) is 4.39. The molecule has 0 N–H and O–H groups in total. The van der Waals surface area contributed by atoms with E-state index >= 15 is 0 Å². The zero-order chi connectivity index (χ0) is 4.12. The third-order valence-corrected chi connectivity index (χ3v) is 0.731. The molecule has 0 rings (SSSR count). The van der Waals surface area contributed by atoms with Crippen molar-refractivity contribution in [3.8, 4) is 0 Å². The van der Waals surface area contributed by atoms with Crippen LogP contribution in [0.25, 0.3) is 10.4 Å². The van der Waals surface area contributed by atoms with E-state index < -0.39 is 0 Å². The number of rotatable bonds is 1. The van der Waals surface area contributed by atoms with Gasteiger partial charge in [-0.2, -0.15) is 0 Å². The van der Waals surface area contributed by atoms with E-state index in [4.69, 9.17) is 5.53 Å². The largest absolute Gasteiger partial charge is 0.0196 e. The van der Waals surface area contributed by atoms with Crippen molar-refractivity contribution in [3.05, 3.63) is 10.4 Å². The van der Waals surface area contributed by atoms with E-state index in [1.54, 1.807) is 0 Å². The molecule has 0 heterocycles. The maximum Gasteiger partial charge on any atom is 0.0116 e.